The summed E-state index contributed by atoms with van der Waals surface area (Å²) in [5.41, 5.74) is 3.34. The number of hydrazone groups is 1. The molecule has 0 aliphatic heterocycles. The summed E-state index contributed by atoms with van der Waals surface area (Å²) in [6.07, 6.45) is 3.26. The van der Waals surface area contributed by atoms with Crippen molar-refractivity contribution in [3.05, 3.63) is 0 Å². The molecule has 1 unspecified atom stereocenters. The molecular weight excluding hydrogens is 156 g/mol. The van der Waals surface area contributed by atoms with Crippen molar-refractivity contribution in [3.63, 3.8) is 0 Å². The van der Waals surface area contributed by atoms with Gasteiger partial charge in [-0.25, -0.2) is 5.43 Å². The van der Waals surface area contributed by atoms with Crippen molar-refractivity contribution in [2.75, 3.05) is 6.61 Å². The van der Waals surface area contributed by atoms with Gasteiger partial charge in [-0.15, -0.1) is 0 Å². The van der Waals surface area contributed by atoms with Gasteiger partial charge in [0.05, 0.1) is 0 Å². The molecule has 4 nitrogen and oxygen atoms in total. The largest absolute Gasteiger partial charge is 0.386 e. The number of hydrogen-bond acceptors (Lipinski definition) is 3. The quantitative estimate of drug-likeness (QED) is 0.584. The lowest BCUT2D eigenvalue weighted by Crippen LogP contribution is -2.23. The van der Waals surface area contributed by atoms with E-state index in [2.05, 4.69) is 17.5 Å². The minimum absolute atomic E-state index is 0.443. The topological polar surface area (TPSA) is 61.7 Å². The molecule has 1 aliphatic rings. The van der Waals surface area contributed by atoms with Crippen molar-refractivity contribution in [1.29, 1.82) is 0 Å². The Bertz CT molecular complexity index is 201. The smallest absolute Gasteiger partial charge is 0.265 e. The van der Waals surface area contributed by atoms with Gasteiger partial charge in [0.1, 0.15) is 6.61 Å². The lowest BCUT2D eigenvalue weighted by atomic mass is 10.1. The average Bonchev–Trinajstić information content (AvgIpc) is 2.47. The molecule has 0 bridgehead atoms. The van der Waals surface area contributed by atoms with Gasteiger partial charge >= 0.3 is 0 Å². The van der Waals surface area contributed by atoms with E-state index < -0.39 is 12.5 Å². The Labute approximate surface area is 71.7 Å². The normalized spacial score (nSPS) is 26.2. The van der Waals surface area contributed by atoms with E-state index in [-0.39, 0.29) is 0 Å². The van der Waals surface area contributed by atoms with Gasteiger partial charge in [0.25, 0.3) is 5.91 Å². The monoisotopic (exact) mass is 170 g/mol. The third-order valence-corrected chi connectivity index (χ3v) is 2.11. The third-order valence-electron chi connectivity index (χ3n) is 2.11. The van der Waals surface area contributed by atoms with E-state index in [1.54, 1.807) is 0 Å². The summed E-state index contributed by atoms with van der Waals surface area (Å²) in [5, 5.41) is 12.3. The lowest BCUT2D eigenvalue weighted by Gasteiger charge is -2.02. The van der Waals surface area contributed by atoms with Crippen LogP contribution in [-0.4, -0.2) is 23.3 Å². The van der Waals surface area contributed by atoms with E-state index in [9.17, 15) is 4.79 Å². The first-order valence-corrected chi connectivity index (χ1v) is 4.20. The summed E-state index contributed by atoms with van der Waals surface area (Å²) in [5.74, 6) is 0.0330. The number of amides is 1. The Balaban J connectivity index is 2.40. The number of carbonyl (C=O) groups is 1. The van der Waals surface area contributed by atoms with Crippen LogP contribution in [0.2, 0.25) is 0 Å². The molecule has 0 spiro atoms. The van der Waals surface area contributed by atoms with Crippen LogP contribution in [0.5, 0.6) is 0 Å². The number of aliphatic hydroxyl groups is 1. The molecule has 1 saturated carbocycles. The van der Waals surface area contributed by atoms with Crippen LogP contribution in [0, 0.1) is 5.92 Å². The molecule has 0 heterocycles. The maximum Gasteiger partial charge on any atom is 0.265 e. The Morgan fingerprint density at radius 1 is 1.83 bits per heavy atom. The highest BCUT2D eigenvalue weighted by atomic mass is 16.3. The Morgan fingerprint density at radius 3 is 3.08 bits per heavy atom. The van der Waals surface area contributed by atoms with Gasteiger partial charge in [-0.1, -0.05) is 6.92 Å². The van der Waals surface area contributed by atoms with Crippen LogP contribution in [0.25, 0.3) is 0 Å². The summed E-state index contributed by atoms with van der Waals surface area (Å²) in [7, 11) is 0. The minimum Gasteiger partial charge on any atom is -0.386 e. The Morgan fingerprint density at radius 2 is 2.58 bits per heavy atom. The van der Waals surface area contributed by atoms with Gasteiger partial charge in [-0.2, -0.15) is 5.10 Å². The van der Waals surface area contributed by atoms with E-state index in [1.165, 1.54) is 0 Å². The Kier molecular flexibility index (Phi) is 3.22. The summed E-state index contributed by atoms with van der Waals surface area (Å²) >= 11 is 0. The fourth-order valence-electron chi connectivity index (χ4n) is 1.34. The Hall–Kier alpha value is -0.900. The van der Waals surface area contributed by atoms with Crippen LogP contribution in [-0.2, 0) is 4.79 Å². The van der Waals surface area contributed by atoms with Gasteiger partial charge < -0.3 is 5.11 Å². The lowest BCUT2D eigenvalue weighted by molar-refractivity contribution is -0.123. The summed E-state index contributed by atoms with van der Waals surface area (Å²) in [6.45, 7) is 1.60. The van der Waals surface area contributed by atoms with Crippen LogP contribution in [0.1, 0.15) is 26.2 Å². The van der Waals surface area contributed by atoms with Crippen LogP contribution < -0.4 is 5.43 Å². The van der Waals surface area contributed by atoms with Crippen LogP contribution in [0.4, 0.5) is 0 Å². The molecule has 1 rings (SSSR count). The maximum absolute atomic E-state index is 10.6. The van der Waals surface area contributed by atoms with E-state index in [4.69, 9.17) is 5.11 Å². The number of aliphatic hydroxyl groups excluding tert-OH is 1. The second-order valence-corrected chi connectivity index (χ2v) is 3.09. The summed E-state index contributed by atoms with van der Waals surface area (Å²) in [4.78, 5) is 10.6. The predicted octanol–water partition coefficient (Wildman–Crippen LogP) is 0.271. The number of rotatable bonds is 2. The minimum atomic E-state index is -0.495. The zero-order valence-electron chi connectivity index (χ0n) is 7.21. The zero-order valence-corrected chi connectivity index (χ0v) is 7.21. The van der Waals surface area contributed by atoms with Crippen LogP contribution in [0.3, 0.4) is 0 Å². The molecule has 4 heteroatoms. The molecule has 0 aromatic rings. The standard InChI is InChI=1S/C8H14N2O2/c1-6-3-2-4-7(6)9-10-8(12)5-11/h6,11H,2-5H2,1H3,(H,10,12)/b9-7+. The van der Waals surface area contributed by atoms with Crippen molar-refractivity contribution >= 4 is 11.6 Å². The SMILES string of the molecule is CC1CCC/C1=N\NC(=O)CO. The molecule has 0 aromatic heterocycles. The molecule has 0 saturated heterocycles. The van der Waals surface area contributed by atoms with E-state index in [0.717, 1.165) is 25.0 Å². The molecule has 1 fully saturated rings. The van der Waals surface area contributed by atoms with Gasteiger partial charge in [0.15, 0.2) is 0 Å². The molecule has 0 aromatic carbocycles. The fraction of sp³-hybridized carbons (Fsp3) is 0.750. The number of hydrogen-bond donors (Lipinski definition) is 2. The van der Waals surface area contributed by atoms with E-state index in [1.807, 2.05) is 0 Å². The maximum atomic E-state index is 10.6. The molecule has 2 N–H and O–H groups in total. The number of nitrogens with one attached hydrogen (secondary N) is 1. The first-order chi connectivity index (χ1) is 5.74. The van der Waals surface area contributed by atoms with Crippen molar-refractivity contribution in [3.8, 4) is 0 Å². The van der Waals surface area contributed by atoms with Crippen molar-refractivity contribution in [2.45, 2.75) is 26.2 Å². The van der Waals surface area contributed by atoms with Crippen molar-refractivity contribution in [1.82, 2.24) is 5.43 Å². The second kappa shape index (κ2) is 4.21. The highest BCUT2D eigenvalue weighted by molar-refractivity contribution is 5.89. The molecule has 1 aliphatic carbocycles. The summed E-state index contributed by atoms with van der Waals surface area (Å²) in [6, 6.07) is 0. The van der Waals surface area contributed by atoms with Gasteiger partial charge in [0, 0.05) is 5.71 Å². The fourth-order valence-corrected chi connectivity index (χ4v) is 1.34. The molecule has 1 amide bonds. The van der Waals surface area contributed by atoms with E-state index in [0.29, 0.717) is 5.92 Å². The second-order valence-electron chi connectivity index (χ2n) is 3.09. The van der Waals surface area contributed by atoms with Crippen molar-refractivity contribution in [2.24, 2.45) is 11.0 Å². The summed E-state index contributed by atoms with van der Waals surface area (Å²) < 4.78 is 0. The molecular formula is C8H14N2O2. The van der Waals surface area contributed by atoms with Gasteiger partial charge in [-0.05, 0) is 25.2 Å². The third kappa shape index (κ3) is 2.30. The first kappa shape index (κ1) is 9.19. The molecule has 68 valence electrons. The number of nitrogens with zero attached hydrogens (tertiary/aromatic N) is 1. The highest BCUT2D eigenvalue weighted by Crippen LogP contribution is 2.21. The molecule has 1 atom stereocenters. The van der Waals surface area contributed by atoms with Crippen LogP contribution >= 0.6 is 0 Å². The highest BCUT2D eigenvalue weighted by Gasteiger charge is 2.17. The number of carbonyl (C=O) groups excluding carboxylic acids is 1. The molecule has 0 radical (unpaired) electrons. The van der Waals surface area contributed by atoms with Gasteiger partial charge in [-0.3, -0.25) is 4.79 Å². The predicted molar refractivity (Wildman–Crippen MR) is 45.7 cm³/mol. The van der Waals surface area contributed by atoms with Crippen LogP contribution in [0.15, 0.2) is 5.10 Å². The average molecular weight is 170 g/mol. The van der Waals surface area contributed by atoms with E-state index >= 15 is 0 Å². The first-order valence-electron chi connectivity index (χ1n) is 4.20. The molecule has 12 heavy (non-hydrogen) atoms. The van der Waals surface area contributed by atoms with Gasteiger partial charge in [0.2, 0.25) is 0 Å². The van der Waals surface area contributed by atoms with Crippen molar-refractivity contribution < 1.29 is 9.90 Å². The zero-order chi connectivity index (χ0) is 8.97.